The van der Waals surface area contributed by atoms with Crippen molar-refractivity contribution in [2.75, 3.05) is 6.54 Å². The van der Waals surface area contributed by atoms with Gasteiger partial charge in [0.05, 0.1) is 4.90 Å². The second-order valence-corrected chi connectivity index (χ2v) is 7.05. The van der Waals surface area contributed by atoms with E-state index >= 15 is 0 Å². The first-order valence-corrected chi connectivity index (χ1v) is 8.20. The van der Waals surface area contributed by atoms with E-state index in [1.54, 1.807) is 12.1 Å². The first-order valence-electron chi connectivity index (χ1n) is 6.72. The first kappa shape index (κ1) is 17.6. The minimum Gasteiger partial charge on any atom is -0.479 e. The number of aliphatic carboxylic acids is 1. The van der Waals surface area contributed by atoms with Gasteiger partial charge in [0.1, 0.15) is 0 Å². The van der Waals surface area contributed by atoms with Crippen molar-refractivity contribution in [1.82, 2.24) is 4.72 Å². The normalized spacial score (nSPS) is 13.3. The number of nitrogens with one attached hydrogen (secondary N) is 1. The third kappa shape index (κ3) is 5.82. The molecule has 0 heterocycles. The fourth-order valence-corrected chi connectivity index (χ4v) is 2.86. The van der Waals surface area contributed by atoms with Crippen LogP contribution < -0.4 is 4.72 Å². The van der Waals surface area contributed by atoms with Crippen molar-refractivity contribution in [3.05, 3.63) is 29.8 Å². The Balaban J connectivity index is 2.64. The largest absolute Gasteiger partial charge is 0.479 e. The molecule has 0 saturated carbocycles. The van der Waals surface area contributed by atoms with E-state index in [9.17, 15) is 13.2 Å². The summed E-state index contributed by atoms with van der Waals surface area (Å²) >= 11 is 0. The van der Waals surface area contributed by atoms with E-state index in [0.29, 0.717) is 5.92 Å². The predicted molar refractivity (Wildman–Crippen MR) is 78.4 cm³/mol. The van der Waals surface area contributed by atoms with Crippen LogP contribution in [0.1, 0.15) is 25.8 Å². The van der Waals surface area contributed by atoms with Gasteiger partial charge < -0.3 is 10.2 Å². The molecule has 0 radical (unpaired) electrons. The summed E-state index contributed by atoms with van der Waals surface area (Å²) in [5.74, 6) is -0.879. The van der Waals surface area contributed by atoms with Gasteiger partial charge in [0, 0.05) is 6.54 Å². The van der Waals surface area contributed by atoms with Crippen molar-refractivity contribution in [2.45, 2.75) is 37.7 Å². The number of rotatable bonds is 8. The van der Waals surface area contributed by atoms with Crippen LogP contribution in [0.3, 0.4) is 0 Å². The summed E-state index contributed by atoms with van der Waals surface area (Å²) in [6.07, 6.45) is -0.875. The number of carboxylic acids is 1. The Hall–Kier alpha value is -1.44. The topological polar surface area (TPSA) is 104 Å². The number of benzene rings is 1. The molecule has 6 nitrogen and oxygen atoms in total. The zero-order valence-corrected chi connectivity index (χ0v) is 12.9. The Morgan fingerprint density at radius 1 is 1.24 bits per heavy atom. The number of sulfonamides is 1. The first-order chi connectivity index (χ1) is 9.72. The van der Waals surface area contributed by atoms with E-state index in [0.717, 1.165) is 12.0 Å². The quantitative estimate of drug-likeness (QED) is 0.664. The third-order valence-corrected chi connectivity index (χ3v) is 4.35. The van der Waals surface area contributed by atoms with Gasteiger partial charge in [-0.25, -0.2) is 17.9 Å². The number of hydrogen-bond donors (Lipinski definition) is 3. The van der Waals surface area contributed by atoms with Crippen molar-refractivity contribution in [3.63, 3.8) is 0 Å². The summed E-state index contributed by atoms with van der Waals surface area (Å²) in [4.78, 5) is 10.5. The van der Waals surface area contributed by atoms with Gasteiger partial charge in [-0.2, -0.15) is 0 Å². The number of hydrogen-bond acceptors (Lipinski definition) is 4. The Kier molecular flexibility index (Phi) is 6.32. The molecule has 0 bridgehead atoms. The molecule has 1 aromatic carbocycles. The lowest BCUT2D eigenvalue weighted by atomic mass is 10.0. The number of carbonyl (C=O) groups is 1. The van der Waals surface area contributed by atoms with E-state index in [4.69, 9.17) is 10.2 Å². The van der Waals surface area contributed by atoms with E-state index in [2.05, 4.69) is 18.6 Å². The highest BCUT2D eigenvalue weighted by Crippen LogP contribution is 2.13. The van der Waals surface area contributed by atoms with Crippen LogP contribution in [0.2, 0.25) is 0 Å². The predicted octanol–water partition coefficient (Wildman–Crippen LogP) is 0.999. The molecule has 1 unspecified atom stereocenters. The van der Waals surface area contributed by atoms with E-state index in [-0.39, 0.29) is 17.9 Å². The molecule has 0 aromatic heterocycles. The van der Waals surface area contributed by atoms with Gasteiger partial charge in [-0.3, -0.25) is 0 Å². The van der Waals surface area contributed by atoms with Crippen LogP contribution in [0, 0.1) is 5.92 Å². The van der Waals surface area contributed by atoms with Gasteiger partial charge >= 0.3 is 5.97 Å². The molecule has 0 saturated heterocycles. The van der Waals surface area contributed by atoms with Crippen molar-refractivity contribution in [3.8, 4) is 0 Å². The summed E-state index contributed by atoms with van der Waals surface area (Å²) < 4.78 is 26.2. The highest BCUT2D eigenvalue weighted by molar-refractivity contribution is 7.89. The summed E-state index contributed by atoms with van der Waals surface area (Å²) in [6.45, 7) is 4.03. The molecule has 1 atom stereocenters. The van der Waals surface area contributed by atoms with Gasteiger partial charge in [-0.1, -0.05) is 26.0 Å². The van der Waals surface area contributed by atoms with Gasteiger partial charge in [-0.15, -0.1) is 0 Å². The molecule has 0 spiro atoms. The molecule has 7 heteroatoms. The van der Waals surface area contributed by atoms with Crippen LogP contribution in [0.15, 0.2) is 29.2 Å². The number of aliphatic hydroxyl groups excluding tert-OH is 1. The molecule has 0 aliphatic rings. The highest BCUT2D eigenvalue weighted by atomic mass is 32.2. The van der Waals surface area contributed by atoms with E-state index in [1.807, 2.05) is 0 Å². The second-order valence-electron chi connectivity index (χ2n) is 5.28. The maximum absolute atomic E-state index is 12.0. The zero-order chi connectivity index (χ0) is 16.0. The average molecular weight is 315 g/mol. The molecule has 0 amide bonds. The lowest BCUT2D eigenvalue weighted by Crippen LogP contribution is -2.30. The van der Waals surface area contributed by atoms with E-state index < -0.39 is 22.1 Å². The monoisotopic (exact) mass is 315 g/mol. The minimum atomic E-state index is -3.68. The van der Waals surface area contributed by atoms with Gasteiger partial charge in [0.2, 0.25) is 10.0 Å². The minimum absolute atomic E-state index is 0.125. The molecule has 0 aliphatic carbocycles. The van der Waals surface area contributed by atoms with Gasteiger partial charge in [0.15, 0.2) is 6.10 Å². The van der Waals surface area contributed by atoms with Crippen molar-refractivity contribution in [2.24, 2.45) is 5.92 Å². The van der Waals surface area contributed by atoms with Crippen molar-refractivity contribution >= 4 is 16.0 Å². The number of aliphatic hydroxyl groups is 1. The van der Waals surface area contributed by atoms with Crippen LogP contribution in [0.5, 0.6) is 0 Å². The third-order valence-electron chi connectivity index (χ3n) is 2.87. The van der Waals surface area contributed by atoms with Gasteiger partial charge in [-0.05, 0) is 36.5 Å². The Labute approximate surface area is 124 Å². The molecule has 1 aromatic rings. The summed E-state index contributed by atoms with van der Waals surface area (Å²) in [6, 6.07) is 6.57. The van der Waals surface area contributed by atoms with Crippen LogP contribution in [-0.2, 0) is 21.2 Å². The Bertz CT molecular complexity index is 566. The lowest BCUT2D eigenvalue weighted by Gasteiger charge is -2.09. The molecular formula is C14H21NO5S. The van der Waals surface area contributed by atoms with Crippen LogP contribution in [0.4, 0.5) is 0 Å². The molecule has 21 heavy (non-hydrogen) atoms. The lowest BCUT2D eigenvalue weighted by molar-refractivity contribution is -0.146. The van der Waals surface area contributed by atoms with Crippen molar-refractivity contribution < 1.29 is 23.4 Å². The summed E-state index contributed by atoms with van der Waals surface area (Å²) in [5, 5.41) is 17.6. The number of carboxylic acid groups (broad SMARTS) is 1. The molecular weight excluding hydrogens is 294 g/mol. The van der Waals surface area contributed by atoms with Crippen LogP contribution in [0.25, 0.3) is 0 Å². The smallest absolute Gasteiger partial charge is 0.332 e. The Morgan fingerprint density at radius 3 is 2.29 bits per heavy atom. The fourth-order valence-electron chi connectivity index (χ4n) is 1.81. The Morgan fingerprint density at radius 2 is 1.81 bits per heavy atom. The second kappa shape index (κ2) is 7.53. The maximum Gasteiger partial charge on any atom is 0.332 e. The molecule has 118 valence electrons. The molecule has 3 N–H and O–H groups in total. The summed E-state index contributed by atoms with van der Waals surface area (Å²) in [5.41, 5.74) is 1.06. The maximum atomic E-state index is 12.0. The van der Waals surface area contributed by atoms with Crippen LogP contribution >= 0.6 is 0 Å². The molecule has 1 rings (SSSR count). The van der Waals surface area contributed by atoms with Crippen molar-refractivity contribution in [1.29, 1.82) is 0 Å². The van der Waals surface area contributed by atoms with Gasteiger partial charge in [0.25, 0.3) is 0 Å². The van der Waals surface area contributed by atoms with E-state index in [1.165, 1.54) is 12.1 Å². The average Bonchev–Trinajstić information content (AvgIpc) is 2.38. The highest BCUT2D eigenvalue weighted by Gasteiger charge is 2.17. The summed E-state index contributed by atoms with van der Waals surface area (Å²) in [7, 11) is -3.68. The van der Waals surface area contributed by atoms with Crippen LogP contribution in [-0.4, -0.2) is 37.2 Å². The SMILES string of the molecule is CC(C)Cc1ccc(S(=O)(=O)NCCC(O)C(=O)O)cc1. The standard InChI is InChI=1S/C14H21NO5S/c1-10(2)9-11-3-5-12(6-4-11)21(19,20)15-8-7-13(16)14(17)18/h3-6,10,13,15-16H,7-9H2,1-2H3,(H,17,18). The molecule has 0 aliphatic heterocycles. The zero-order valence-electron chi connectivity index (χ0n) is 12.1. The molecule has 0 fully saturated rings. The fraction of sp³-hybridized carbons (Fsp3) is 0.500.